The van der Waals surface area contributed by atoms with Crippen LogP contribution in [0, 0.1) is 0 Å². The minimum absolute atomic E-state index is 0.0804. The molecular weight excluding hydrogens is 246 g/mol. The maximum Gasteiger partial charge on any atom is 0.313 e. The smallest absolute Gasteiger partial charge is 0.313 e. The van der Waals surface area contributed by atoms with Gasteiger partial charge in [0.2, 0.25) is 0 Å². The van der Waals surface area contributed by atoms with E-state index in [1.54, 1.807) is 12.1 Å². The first-order valence-corrected chi connectivity index (χ1v) is 5.64. The van der Waals surface area contributed by atoms with E-state index in [0.29, 0.717) is 5.69 Å². The van der Waals surface area contributed by atoms with Crippen LogP contribution in [0.2, 0.25) is 0 Å². The van der Waals surface area contributed by atoms with E-state index in [0.717, 1.165) is 10.2 Å². The van der Waals surface area contributed by atoms with Crippen LogP contribution in [0.5, 0.6) is 0 Å². The summed E-state index contributed by atoms with van der Waals surface area (Å²) < 4.78 is 1.11. The van der Waals surface area contributed by atoms with Crippen LogP contribution in [0.4, 0.5) is 0 Å². The third kappa shape index (κ3) is 2.20. The lowest BCUT2D eigenvalue weighted by Crippen LogP contribution is -2.38. The summed E-state index contributed by atoms with van der Waals surface area (Å²) in [4.78, 5) is 23.7. The molecule has 2 N–H and O–H groups in total. The number of aromatic nitrogens is 2. The first kappa shape index (κ1) is 12.8. The van der Waals surface area contributed by atoms with Gasteiger partial charge in [-0.05, 0) is 6.92 Å². The predicted octanol–water partition coefficient (Wildman–Crippen LogP) is 0.939. The highest BCUT2D eigenvalue weighted by molar-refractivity contribution is 6.02. The molecule has 0 spiro atoms. The Hall–Kier alpha value is -2.63. The second kappa shape index (κ2) is 4.93. The number of aromatic amines is 1. The summed E-state index contributed by atoms with van der Waals surface area (Å²) in [5.74, 6) is 0. The number of hydrogen-bond acceptors (Lipinski definition) is 4. The molecule has 6 heteroatoms. The molecule has 0 aliphatic carbocycles. The highest BCUT2D eigenvalue weighted by Crippen LogP contribution is 2.18. The van der Waals surface area contributed by atoms with E-state index in [-0.39, 0.29) is 11.3 Å². The number of nitrogens with one attached hydrogen (secondary N) is 1. The van der Waals surface area contributed by atoms with Gasteiger partial charge in [-0.25, -0.2) is 0 Å². The minimum atomic E-state index is -0.699. The largest absolute Gasteiger partial charge is 0.411 e. The standard InChI is InChI=1S/C13H13N3O3/c1-8(15-19)10-11(9-6-4-3-5-7-9)14-16(2)13(18)12(10)17/h3-7,14,19H,1-2H3/b15-8+. The number of nitrogens with zero attached hydrogens (tertiary/aromatic N) is 2. The number of H-pyrrole nitrogens is 1. The molecule has 19 heavy (non-hydrogen) atoms. The van der Waals surface area contributed by atoms with Crippen molar-refractivity contribution in [3.05, 3.63) is 56.5 Å². The summed E-state index contributed by atoms with van der Waals surface area (Å²) in [6.45, 7) is 1.47. The average molecular weight is 259 g/mol. The SMILES string of the molecule is C/C(=N\O)c1c(-c2ccccc2)[nH]n(C)c(=O)c1=O. The number of benzene rings is 1. The van der Waals surface area contributed by atoms with E-state index >= 15 is 0 Å². The van der Waals surface area contributed by atoms with Gasteiger partial charge in [0.25, 0.3) is 5.43 Å². The first-order valence-electron chi connectivity index (χ1n) is 5.64. The summed E-state index contributed by atoms with van der Waals surface area (Å²) in [5, 5.41) is 14.7. The van der Waals surface area contributed by atoms with Crippen molar-refractivity contribution < 1.29 is 5.21 Å². The van der Waals surface area contributed by atoms with Crippen LogP contribution in [0.3, 0.4) is 0 Å². The van der Waals surface area contributed by atoms with Gasteiger partial charge >= 0.3 is 5.56 Å². The molecule has 0 aliphatic heterocycles. The Bertz CT molecular complexity index is 742. The third-order valence-corrected chi connectivity index (χ3v) is 2.83. The van der Waals surface area contributed by atoms with Gasteiger partial charge in [0, 0.05) is 12.6 Å². The molecule has 6 nitrogen and oxygen atoms in total. The quantitative estimate of drug-likeness (QED) is 0.364. The minimum Gasteiger partial charge on any atom is -0.411 e. The lowest BCUT2D eigenvalue weighted by Gasteiger charge is -2.10. The van der Waals surface area contributed by atoms with Crippen LogP contribution in [0.15, 0.2) is 45.1 Å². The maximum atomic E-state index is 12.0. The second-order valence-electron chi connectivity index (χ2n) is 4.11. The van der Waals surface area contributed by atoms with Crippen molar-refractivity contribution >= 4 is 5.71 Å². The van der Waals surface area contributed by atoms with Gasteiger partial charge in [-0.2, -0.15) is 0 Å². The molecule has 0 unspecified atom stereocenters. The molecule has 0 amide bonds. The van der Waals surface area contributed by atoms with Crippen LogP contribution in [-0.4, -0.2) is 20.7 Å². The summed E-state index contributed by atoms with van der Waals surface area (Å²) in [6.07, 6.45) is 0. The Kier molecular flexibility index (Phi) is 3.33. The Morgan fingerprint density at radius 2 is 1.89 bits per heavy atom. The Labute approximate surface area is 108 Å². The van der Waals surface area contributed by atoms with Crippen molar-refractivity contribution in [3.8, 4) is 11.3 Å². The van der Waals surface area contributed by atoms with Gasteiger partial charge in [-0.15, -0.1) is 0 Å². The van der Waals surface area contributed by atoms with E-state index in [4.69, 9.17) is 5.21 Å². The van der Waals surface area contributed by atoms with Crippen molar-refractivity contribution in [1.29, 1.82) is 0 Å². The second-order valence-corrected chi connectivity index (χ2v) is 4.11. The average Bonchev–Trinajstić information content (AvgIpc) is 2.44. The molecular formula is C13H13N3O3. The van der Waals surface area contributed by atoms with Gasteiger partial charge < -0.3 is 5.21 Å². The van der Waals surface area contributed by atoms with Crippen molar-refractivity contribution in [2.24, 2.45) is 12.2 Å². The fourth-order valence-electron chi connectivity index (χ4n) is 1.86. The Balaban J connectivity index is 2.88. The molecule has 98 valence electrons. The lowest BCUT2D eigenvalue weighted by molar-refractivity contribution is 0.319. The van der Waals surface area contributed by atoms with E-state index in [2.05, 4.69) is 10.3 Å². The summed E-state index contributed by atoms with van der Waals surface area (Å²) in [6, 6.07) is 9.06. The summed E-state index contributed by atoms with van der Waals surface area (Å²) in [7, 11) is 1.46. The molecule has 0 atom stereocenters. The molecule has 2 aromatic rings. The van der Waals surface area contributed by atoms with Crippen molar-refractivity contribution in [2.75, 3.05) is 0 Å². The van der Waals surface area contributed by atoms with Crippen LogP contribution in [0.1, 0.15) is 12.5 Å². The van der Waals surface area contributed by atoms with Crippen LogP contribution in [-0.2, 0) is 7.05 Å². The lowest BCUT2D eigenvalue weighted by atomic mass is 10.0. The molecule has 1 aromatic carbocycles. The number of rotatable bonds is 2. The Morgan fingerprint density at radius 3 is 2.47 bits per heavy atom. The molecule has 2 rings (SSSR count). The van der Waals surface area contributed by atoms with Crippen molar-refractivity contribution in [2.45, 2.75) is 6.92 Å². The van der Waals surface area contributed by atoms with Gasteiger partial charge in [0.05, 0.1) is 17.0 Å². The highest BCUT2D eigenvalue weighted by atomic mass is 16.4. The molecule has 0 saturated heterocycles. The van der Waals surface area contributed by atoms with Crippen molar-refractivity contribution in [3.63, 3.8) is 0 Å². The molecule has 0 aliphatic rings. The highest BCUT2D eigenvalue weighted by Gasteiger charge is 2.16. The maximum absolute atomic E-state index is 12.0. The predicted molar refractivity (Wildman–Crippen MR) is 71.7 cm³/mol. The fraction of sp³-hybridized carbons (Fsp3) is 0.154. The van der Waals surface area contributed by atoms with Crippen LogP contribution in [0.25, 0.3) is 11.3 Å². The topological polar surface area (TPSA) is 87.4 Å². The van der Waals surface area contributed by atoms with E-state index in [9.17, 15) is 9.59 Å². The van der Waals surface area contributed by atoms with Crippen LogP contribution >= 0.6 is 0 Å². The van der Waals surface area contributed by atoms with Gasteiger partial charge in [-0.1, -0.05) is 35.5 Å². The molecule has 0 saturated carbocycles. The zero-order valence-electron chi connectivity index (χ0n) is 10.5. The van der Waals surface area contributed by atoms with E-state index in [1.807, 2.05) is 18.2 Å². The van der Waals surface area contributed by atoms with Gasteiger partial charge in [-0.3, -0.25) is 19.4 Å². The monoisotopic (exact) mass is 259 g/mol. The third-order valence-electron chi connectivity index (χ3n) is 2.83. The summed E-state index contributed by atoms with van der Waals surface area (Å²) in [5.41, 5.74) is -0.0427. The fourth-order valence-corrected chi connectivity index (χ4v) is 1.86. The van der Waals surface area contributed by atoms with Gasteiger partial charge in [0.15, 0.2) is 0 Å². The molecule has 1 heterocycles. The zero-order valence-corrected chi connectivity index (χ0v) is 10.5. The summed E-state index contributed by atoms with van der Waals surface area (Å²) >= 11 is 0. The first-order chi connectivity index (χ1) is 9.06. The molecule has 0 radical (unpaired) electrons. The Morgan fingerprint density at radius 1 is 1.26 bits per heavy atom. The van der Waals surface area contributed by atoms with Crippen molar-refractivity contribution in [1.82, 2.24) is 9.78 Å². The number of aryl methyl sites for hydroxylation is 1. The zero-order chi connectivity index (χ0) is 14.0. The van der Waals surface area contributed by atoms with E-state index < -0.39 is 11.0 Å². The number of oxime groups is 1. The van der Waals surface area contributed by atoms with Crippen LogP contribution < -0.4 is 11.0 Å². The molecule has 0 fully saturated rings. The van der Waals surface area contributed by atoms with E-state index in [1.165, 1.54) is 14.0 Å². The number of hydrogen-bond donors (Lipinski definition) is 2. The molecule has 0 bridgehead atoms. The molecule has 1 aromatic heterocycles. The normalized spacial score (nSPS) is 11.6. The van der Waals surface area contributed by atoms with Gasteiger partial charge in [0.1, 0.15) is 0 Å².